The highest BCUT2D eigenvalue weighted by Gasteiger charge is 2.14. The Bertz CT molecular complexity index is 435. The molecule has 0 N–H and O–H groups in total. The van der Waals surface area contributed by atoms with Crippen molar-refractivity contribution in [2.75, 3.05) is 0 Å². The summed E-state index contributed by atoms with van der Waals surface area (Å²) in [5.41, 5.74) is 0. The Morgan fingerprint density at radius 2 is 1.57 bits per heavy atom. The molecule has 0 fully saturated rings. The van der Waals surface area contributed by atoms with Crippen molar-refractivity contribution >= 4 is 57.4 Å². The van der Waals surface area contributed by atoms with E-state index in [2.05, 4.69) is 4.18 Å². The van der Waals surface area contributed by atoms with Gasteiger partial charge in [-0.2, -0.15) is 8.42 Å². The zero-order chi connectivity index (χ0) is 10.9. The second-order valence-corrected chi connectivity index (χ2v) is 4.28. The summed E-state index contributed by atoms with van der Waals surface area (Å²) in [7, 11) is -3.07. The van der Waals surface area contributed by atoms with Crippen molar-refractivity contribution < 1.29 is 12.6 Å². The van der Waals surface area contributed by atoms with Gasteiger partial charge in [0.05, 0.1) is 15.1 Å². The van der Waals surface area contributed by atoms with Crippen LogP contribution in [0.1, 0.15) is 0 Å². The molecule has 78 valence electrons. The van der Waals surface area contributed by atoms with Crippen LogP contribution in [-0.2, 0) is 11.0 Å². The number of hydrogen-bond acceptors (Lipinski definition) is 3. The van der Waals surface area contributed by atoms with Gasteiger partial charge in [-0.05, 0) is 0 Å². The Balaban J connectivity index is 3.32. The first kappa shape index (κ1) is 12.2. The molecule has 14 heavy (non-hydrogen) atoms. The average Bonchev–Trinajstić information content (AvgIpc) is 2.10. The van der Waals surface area contributed by atoms with Crippen LogP contribution in [0.3, 0.4) is 0 Å². The number of benzene rings is 1. The van der Waals surface area contributed by atoms with Crippen LogP contribution in [0.4, 0.5) is 0 Å². The quantitative estimate of drug-likeness (QED) is 0.518. The van der Waals surface area contributed by atoms with Gasteiger partial charge in [0.1, 0.15) is 5.02 Å². The van der Waals surface area contributed by atoms with Gasteiger partial charge in [-0.15, -0.1) is 0 Å². The normalized spacial score (nSPS) is 10.6. The molecule has 0 atom stereocenters. The summed E-state index contributed by atoms with van der Waals surface area (Å²) in [4.78, 5) is 0. The summed E-state index contributed by atoms with van der Waals surface area (Å²) in [5.74, 6) is -0.151. The minimum absolute atomic E-state index is 0.0480. The van der Waals surface area contributed by atoms with Crippen LogP contribution in [-0.4, -0.2) is 8.42 Å². The van der Waals surface area contributed by atoms with Crippen molar-refractivity contribution in [2.24, 2.45) is 0 Å². The fourth-order valence-electron chi connectivity index (χ4n) is 0.698. The molecule has 8 heteroatoms. The molecule has 0 unspecified atom stereocenters. The highest BCUT2D eigenvalue weighted by molar-refractivity contribution is 7.67. The molecule has 1 aromatic carbocycles. The van der Waals surface area contributed by atoms with E-state index in [1.807, 2.05) is 0 Å². The lowest BCUT2D eigenvalue weighted by Gasteiger charge is -2.05. The second kappa shape index (κ2) is 4.77. The van der Waals surface area contributed by atoms with Gasteiger partial charge in [0.25, 0.3) is 11.0 Å². The summed E-state index contributed by atoms with van der Waals surface area (Å²) in [6.07, 6.45) is 0. The Hall–Kier alpha value is 0.130. The van der Waals surface area contributed by atoms with Crippen LogP contribution < -0.4 is 4.18 Å². The molecule has 0 bridgehead atoms. The molecule has 0 radical (unpaired) electrons. The van der Waals surface area contributed by atoms with Crippen LogP contribution in [0.5, 0.6) is 5.75 Å². The van der Waals surface area contributed by atoms with Crippen molar-refractivity contribution in [3.8, 4) is 5.75 Å². The van der Waals surface area contributed by atoms with Crippen LogP contribution in [0.25, 0.3) is 0 Å². The lowest BCUT2D eigenvalue weighted by molar-refractivity contribution is 0.511. The maximum atomic E-state index is 10.3. The van der Waals surface area contributed by atoms with Gasteiger partial charge in [-0.25, -0.2) is 0 Å². The van der Waals surface area contributed by atoms with E-state index in [-0.39, 0.29) is 25.8 Å². The predicted molar refractivity (Wildman–Crippen MR) is 57.4 cm³/mol. The van der Waals surface area contributed by atoms with E-state index in [9.17, 15) is 8.42 Å². The minimum atomic E-state index is -3.07. The molecule has 0 spiro atoms. The summed E-state index contributed by atoms with van der Waals surface area (Å²) >= 11 is 22.6. The highest BCUT2D eigenvalue weighted by atomic mass is 35.5. The third-order valence-electron chi connectivity index (χ3n) is 1.24. The maximum Gasteiger partial charge on any atom is 0.299 e. The third-order valence-corrected chi connectivity index (χ3v) is 3.32. The second-order valence-electron chi connectivity index (χ2n) is 2.11. The first-order chi connectivity index (χ1) is 6.43. The van der Waals surface area contributed by atoms with E-state index in [0.29, 0.717) is 0 Å². The van der Waals surface area contributed by atoms with Gasteiger partial charge in [-0.3, -0.25) is 0 Å². The molecular weight excluding hydrogens is 294 g/mol. The lowest BCUT2D eigenvalue weighted by atomic mass is 10.3. The van der Waals surface area contributed by atoms with E-state index in [0.717, 1.165) is 0 Å². The Kier molecular flexibility index (Phi) is 4.15. The van der Waals surface area contributed by atoms with Gasteiger partial charge in [0, 0.05) is 6.07 Å². The van der Waals surface area contributed by atoms with Crippen LogP contribution in [0.15, 0.2) is 6.07 Å². The van der Waals surface area contributed by atoms with Crippen molar-refractivity contribution in [1.82, 2.24) is 0 Å². The molecule has 0 amide bonds. The smallest absolute Gasteiger partial charge is 0.299 e. The summed E-state index contributed by atoms with van der Waals surface area (Å²) < 4.78 is 24.9. The monoisotopic (exact) mass is 294 g/mol. The van der Waals surface area contributed by atoms with E-state index < -0.39 is 11.0 Å². The number of hydrogen-bond donors (Lipinski definition) is 1. The van der Waals surface area contributed by atoms with E-state index in [1.165, 1.54) is 6.07 Å². The average molecular weight is 296 g/mol. The third kappa shape index (κ3) is 2.58. The van der Waals surface area contributed by atoms with E-state index in [1.54, 1.807) is 0 Å². The van der Waals surface area contributed by atoms with Gasteiger partial charge in [0.2, 0.25) is 0 Å². The van der Waals surface area contributed by atoms with E-state index >= 15 is 0 Å². The van der Waals surface area contributed by atoms with Crippen LogP contribution in [0.2, 0.25) is 20.1 Å². The summed E-state index contributed by atoms with van der Waals surface area (Å²) in [6, 6.07) is 1.17. The van der Waals surface area contributed by atoms with Crippen molar-refractivity contribution in [3.63, 3.8) is 0 Å². The number of rotatable bonds is 2. The lowest BCUT2D eigenvalue weighted by Crippen LogP contribution is -1.91. The zero-order valence-electron chi connectivity index (χ0n) is 6.26. The van der Waals surface area contributed by atoms with E-state index in [4.69, 9.17) is 46.4 Å². The zero-order valence-corrected chi connectivity index (χ0v) is 10.2. The van der Waals surface area contributed by atoms with Crippen LogP contribution in [0, 0.1) is 0 Å². The first-order valence-electron chi connectivity index (χ1n) is 3.09. The van der Waals surface area contributed by atoms with Crippen molar-refractivity contribution in [1.29, 1.82) is 0 Å². The van der Waals surface area contributed by atoms with Gasteiger partial charge >= 0.3 is 0 Å². The molecule has 0 aliphatic carbocycles. The minimum Gasteiger partial charge on any atom is -0.383 e. The highest BCUT2D eigenvalue weighted by Crippen LogP contribution is 2.41. The van der Waals surface area contributed by atoms with Gasteiger partial charge in [-0.1, -0.05) is 46.4 Å². The van der Waals surface area contributed by atoms with Crippen molar-refractivity contribution in [3.05, 3.63) is 26.2 Å². The maximum absolute atomic E-state index is 10.3. The molecule has 1 rings (SSSR count). The Morgan fingerprint density at radius 1 is 1.00 bits per heavy atom. The van der Waals surface area contributed by atoms with Crippen LogP contribution >= 0.6 is 46.4 Å². The molecule has 0 aromatic heterocycles. The summed E-state index contributed by atoms with van der Waals surface area (Å²) in [6.45, 7) is 0. The fourth-order valence-corrected chi connectivity index (χ4v) is 1.88. The largest absolute Gasteiger partial charge is 0.383 e. The molecule has 3 nitrogen and oxygen atoms in total. The molecule has 0 aliphatic heterocycles. The Labute approximate surface area is 102 Å². The Morgan fingerprint density at radius 3 is 2.07 bits per heavy atom. The summed E-state index contributed by atoms with van der Waals surface area (Å²) in [5, 5.41) is -0.0346. The molecule has 0 aliphatic rings. The fraction of sp³-hybridized carbons (Fsp3) is 0. The first-order valence-corrected chi connectivity index (χ1v) is 5.69. The molecular formula is C6H2Cl4O3S. The number of thiol groups is 1. The van der Waals surface area contributed by atoms with Gasteiger partial charge < -0.3 is 4.18 Å². The number of halogens is 4. The SMILES string of the molecule is O=[SH](=O)Oc1cc(Cl)c(Cl)c(Cl)c1Cl. The molecule has 1 aromatic rings. The van der Waals surface area contributed by atoms with Crippen molar-refractivity contribution in [2.45, 2.75) is 0 Å². The van der Waals surface area contributed by atoms with Gasteiger partial charge in [0.15, 0.2) is 5.75 Å². The molecule has 0 saturated carbocycles. The predicted octanol–water partition coefficient (Wildman–Crippen LogP) is 3.21. The standard InChI is InChI=1S/C6H2Cl4O3S/c7-2-1-3(13-14(11)12)5(9)6(10)4(2)8/h1,14H. The topological polar surface area (TPSA) is 43.4 Å². The molecule has 0 heterocycles. The molecule has 0 saturated heterocycles.